The number of rotatable bonds is 7. The number of halogens is 2. The first-order valence-electron chi connectivity index (χ1n) is 9.10. The van der Waals surface area contributed by atoms with Crippen molar-refractivity contribution in [2.75, 3.05) is 19.6 Å². The van der Waals surface area contributed by atoms with Crippen LogP contribution in [0.25, 0.3) is 0 Å². The Balaban J connectivity index is 2.02. The molecule has 1 aliphatic rings. The van der Waals surface area contributed by atoms with E-state index in [1.807, 2.05) is 6.92 Å². The van der Waals surface area contributed by atoms with Gasteiger partial charge in [0.05, 0.1) is 0 Å². The molecule has 142 valence electrons. The van der Waals surface area contributed by atoms with Crippen LogP contribution >= 0.6 is 0 Å². The summed E-state index contributed by atoms with van der Waals surface area (Å²) < 4.78 is 26.9. The number of hydrogen-bond donors (Lipinski definition) is 1. The van der Waals surface area contributed by atoms with Gasteiger partial charge in [-0.05, 0) is 61.8 Å². The Hall–Kier alpha value is -2.60. The number of amidine groups is 1. The minimum absolute atomic E-state index is 0.199. The van der Waals surface area contributed by atoms with E-state index in [0.717, 1.165) is 19.5 Å². The third-order valence-corrected chi connectivity index (χ3v) is 4.78. The van der Waals surface area contributed by atoms with Gasteiger partial charge in [0.1, 0.15) is 17.5 Å². The summed E-state index contributed by atoms with van der Waals surface area (Å²) in [4.78, 5) is 19.8. The maximum atomic E-state index is 13.5. The standard InChI is InChI=1S/C21H23F2N3O/c1-3-24-13-4-14-26-15(2)25-21(20(26)27,16-5-9-18(22)10-6-16)17-7-11-19(23)12-8-17/h5-12,24H,3-4,13-14H2,1-2H3. The minimum Gasteiger partial charge on any atom is -0.317 e. The Kier molecular flexibility index (Phi) is 5.65. The molecule has 1 heterocycles. The molecule has 0 radical (unpaired) electrons. The molecule has 0 unspecified atom stereocenters. The van der Waals surface area contributed by atoms with E-state index in [2.05, 4.69) is 5.32 Å². The second-order valence-electron chi connectivity index (χ2n) is 6.55. The van der Waals surface area contributed by atoms with Crippen molar-refractivity contribution in [3.05, 3.63) is 71.3 Å². The fraction of sp³-hybridized carbons (Fsp3) is 0.333. The Morgan fingerprint density at radius 2 is 1.52 bits per heavy atom. The third-order valence-electron chi connectivity index (χ3n) is 4.78. The van der Waals surface area contributed by atoms with Gasteiger partial charge in [-0.3, -0.25) is 9.69 Å². The lowest BCUT2D eigenvalue weighted by atomic mass is 9.82. The molecular formula is C21H23F2N3O. The highest BCUT2D eigenvalue weighted by Gasteiger charge is 2.49. The SMILES string of the molecule is CCNCCCN1C(=O)C(c2ccc(F)cc2)(c2ccc(F)cc2)N=C1C. The number of carbonyl (C=O) groups excluding carboxylic acids is 1. The number of nitrogens with one attached hydrogen (secondary N) is 1. The van der Waals surface area contributed by atoms with Crippen molar-refractivity contribution in [2.24, 2.45) is 4.99 Å². The molecule has 4 nitrogen and oxygen atoms in total. The predicted octanol–water partition coefficient (Wildman–Crippen LogP) is 3.47. The highest BCUT2D eigenvalue weighted by molar-refractivity contribution is 6.09. The van der Waals surface area contributed by atoms with Crippen LogP contribution in [0.5, 0.6) is 0 Å². The summed E-state index contributed by atoms with van der Waals surface area (Å²) in [5.41, 5.74) is -0.188. The Morgan fingerprint density at radius 1 is 1.00 bits per heavy atom. The van der Waals surface area contributed by atoms with Crippen LogP contribution < -0.4 is 5.32 Å². The number of benzene rings is 2. The fourth-order valence-electron chi connectivity index (χ4n) is 3.42. The van der Waals surface area contributed by atoms with Crippen LogP contribution in [0.2, 0.25) is 0 Å². The minimum atomic E-state index is -1.32. The lowest BCUT2D eigenvalue weighted by Crippen LogP contribution is -2.42. The van der Waals surface area contributed by atoms with E-state index in [-0.39, 0.29) is 17.5 Å². The highest BCUT2D eigenvalue weighted by atomic mass is 19.1. The summed E-state index contributed by atoms with van der Waals surface area (Å²) in [6.45, 7) is 6.02. The van der Waals surface area contributed by atoms with Crippen LogP contribution in [-0.2, 0) is 10.3 Å². The summed E-state index contributed by atoms with van der Waals surface area (Å²) >= 11 is 0. The lowest BCUT2D eigenvalue weighted by molar-refractivity contribution is -0.130. The lowest BCUT2D eigenvalue weighted by Gasteiger charge is -2.27. The van der Waals surface area contributed by atoms with E-state index in [4.69, 9.17) is 4.99 Å². The quantitative estimate of drug-likeness (QED) is 0.758. The molecule has 1 aliphatic heterocycles. The van der Waals surface area contributed by atoms with Crippen molar-refractivity contribution < 1.29 is 13.6 Å². The molecule has 0 aliphatic carbocycles. The summed E-state index contributed by atoms with van der Waals surface area (Å²) in [5.74, 6) is -0.372. The highest BCUT2D eigenvalue weighted by Crippen LogP contribution is 2.40. The fourth-order valence-corrected chi connectivity index (χ4v) is 3.42. The summed E-state index contributed by atoms with van der Waals surface area (Å²) in [7, 11) is 0. The molecule has 0 atom stereocenters. The molecule has 0 fully saturated rings. The number of aliphatic imine (C=N–C) groups is 1. The van der Waals surface area contributed by atoms with Crippen LogP contribution in [-0.4, -0.2) is 36.3 Å². The molecule has 6 heteroatoms. The second kappa shape index (κ2) is 7.96. The van der Waals surface area contributed by atoms with Gasteiger partial charge in [-0.15, -0.1) is 0 Å². The normalized spacial score (nSPS) is 15.9. The van der Waals surface area contributed by atoms with Gasteiger partial charge in [0.15, 0.2) is 5.54 Å². The summed E-state index contributed by atoms with van der Waals surface area (Å²) in [6, 6.07) is 11.5. The number of hydrogen-bond acceptors (Lipinski definition) is 3. The van der Waals surface area contributed by atoms with Gasteiger partial charge in [-0.25, -0.2) is 13.8 Å². The molecular weight excluding hydrogens is 348 g/mol. The number of amides is 1. The Bertz CT molecular complexity index is 786. The summed E-state index contributed by atoms with van der Waals surface area (Å²) in [5, 5.41) is 3.24. The Labute approximate surface area is 157 Å². The maximum Gasteiger partial charge on any atom is 0.265 e. The van der Waals surface area contributed by atoms with E-state index < -0.39 is 5.54 Å². The molecule has 0 saturated heterocycles. The molecule has 1 amide bonds. The van der Waals surface area contributed by atoms with E-state index >= 15 is 0 Å². The third kappa shape index (κ3) is 3.62. The van der Waals surface area contributed by atoms with Crippen molar-refractivity contribution in [1.82, 2.24) is 10.2 Å². The van der Waals surface area contributed by atoms with E-state index in [1.165, 1.54) is 24.3 Å². The predicted molar refractivity (Wildman–Crippen MR) is 102 cm³/mol. The average Bonchev–Trinajstić information content (AvgIpc) is 2.91. The molecule has 0 spiro atoms. The zero-order valence-electron chi connectivity index (χ0n) is 15.5. The van der Waals surface area contributed by atoms with Crippen LogP contribution in [0.15, 0.2) is 53.5 Å². The summed E-state index contributed by atoms with van der Waals surface area (Å²) in [6.07, 6.45) is 0.787. The van der Waals surface area contributed by atoms with E-state index in [0.29, 0.717) is 23.5 Å². The van der Waals surface area contributed by atoms with Gasteiger partial charge in [0, 0.05) is 6.54 Å². The van der Waals surface area contributed by atoms with Gasteiger partial charge >= 0.3 is 0 Å². The Morgan fingerprint density at radius 3 is 2.00 bits per heavy atom. The van der Waals surface area contributed by atoms with Crippen molar-refractivity contribution >= 4 is 11.7 Å². The van der Waals surface area contributed by atoms with Crippen molar-refractivity contribution in [2.45, 2.75) is 25.8 Å². The molecule has 27 heavy (non-hydrogen) atoms. The van der Waals surface area contributed by atoms with Gasteiger partial charge in [-0.2, -0.15) is 0 Å². The zero-order chi connectivity index (χ0) is 19.4. The van der Waals surface area contributed by atoms with Gasteiger partial charge in [0.25, 0.3) is 5.91 Å². The largest absolute Gasteiger partial charge is 0.317 e. The van der Waals surface area contributed by atoms with Gasteiger partial charge in [-0.1, -0.05) is 31.2 Å². The molecule has 2 aromatic rings. The molecule has 1 N–H and O–H groups in total. The van der Waals surface area contributed by atoms with E-state index in [1.54, 1.807) is 36.1 Å². The first-order chi connectivity index (χ1) is 13.0. The van der Waals surface area contributed by atoms with Crippen molar-refractivity contribution in [3.8, 4) is 0 Å². The molecule has 0 saturated carbocycles. The van der Waals surface area contributed by atoms with Crippen LogP contribution in [0.4, 0.5) is 8.78 Å². The topological polar surface area (TPSA) is 44.7 Å². The molecule has 0 aromatic heterocycles. The zero-order valence-corrected chi connectivity index (χ0v) is 15.5. The first-order valence-corrected chi connectivity index (χ1v) is 9.10. The molecule has 0 bridgehead atoms. The van der Waals surface area contributed by atoms with Gasteiger partial charge in [0.2, 0.25) is 0 Å². The van der Waals surface area contributed by atoms with Crippen molar-refractivity contribution in [3.63, 3.8) is 0 Å². The van der Waals surface area contributed by atoms with Crippen LogP contribution in [0.3, 0.4) is 0 Å². The van der Waals surface area contributed by atoms with Crippen molar-refractivity contribution in [1.29, 1.82) is 0 Å². The van der Waals surface area contributed by atoms with Crippen LogP contribution in [0.1, 0.15) is 31.4 Å². The average molecular weight is 371 g/mol. The maximum absolute atomic E-state index is 13.5. The smallest absolute Gasteiger partial charge is 0.265 e. The second-order valence-corrected chi connectivity index (χ2v) is 6.55. The monoisotopic (exact) mass is 371 g/mol. The van der Waals surface area contributed by atoms with Crippen LogP contribution in [0, 0.1) is 11.6 Å². The number of carbonyl (C=O) groups is 1. The van der Waals surface area contributed by atoms with E-state index in [9.17, 15) is 13.6 Å². The molecule has 3 rings (SSSR count). The number of nitrogens with zero attached hydrogens (tertiary/aromatic N) is 2. The molecule has 2 aromatic carbocycles. The first kappa shape index (κ1) is 19.2. The van der Waals surface area contributed by atoms with Gasteiger partial charge < -0.3 is 5.32 Å².